The van der Waals surface area contributed by atoms with Crippen molar-refractivity contribution in [1.82, 2.24) is 5.43 Å². The molecule has 0 bridgehead atoms. The van der Waals surface area contributed by atoms with E-state index in [1.807, 2.05) is 6.92 Å². The minimum Gasteiger partial charge on any atom is -0.494 e. The van der Waals surface area contributed by atoms with Crippen LogP contribution in [0.25, 0.3) is 0 Å². The Hall–Kier alpha value is -1.17. The van der Waals surface area contributed by atoms with Gasteiger partial charge in [-0.15, -0.1) is 0 Å². The van der Waals surface area contributed by atoms with E-state index < -0.39 is 11.6 Å². The fraction of sp³-hybridized carbons (Fsp3) is 0.538. The van der Waals surface area contributed by atoms with E-state index >= 15 is 0 Å². The van der Waals surface area contributed by atoms with Gasteiger partial charge in [-0.2, -0.15) is 0 Å². The lowest BCUT2D eigenvalue weighted by molar-refractivity contribution is -0.0135. The molecule has 100 valence electrons. The van der Waals surface area contributed by atoms with Gasteiger partial charge in [-0.1, -0.05) is 12.1 Å². The predicted octanol–water partition coefficient (Wildman–Crippen LogP) is 1.91. The van der Waals surface area contributed by atoms with E-state index in [2.05, 4.69) is 5.43 Å². The van der Waals surface area contributed by atoms with Gasteiger partial charge in [0.25, 0.3) is 0 Å². The quantitative estimate of drug-likeness (QED) is 0.636. The lowest BCUT2D eigenvalue weighted by Crippen LogP contribution is -2.44. The van der Waals surface area contributed by atoms with Gasteiger partial charge in [0.15, 0.2) is 11.6 Å². The Labute approximate surface area is 106 Å². The second-order valence-electron chi connectivity index (χ2n) is 4.73. The second-order valence-corrected chi connectivity index (χ2v) is 4.73. The number of halogens is 1. The summed E-state index contributed by atoms with van der Waals surface area (Å²) in [5.41, 5.74) is 2.66. The van der Waals surface area contributed by atoms with Crippen LogP contribution >= 0.6 is 0 Å². The molecule has 5 heteroatoms. The molecule has 2 unspecified atom stereocenters. The van der Waals surface area contributed by atoms with Crippen molar-refractivity contribution in [3.05, 3.63) is 29.6 Å². The Bertz CT molecular complexity index is 419. The molecular weight excluding hydrogens is 235 g/mol. The molecule has 1 heterocycles. The first kappa shape index (κ1) is 13.3. The molecule has 1 aromatic rings. The number of nitrogens with one attached hydrogen (secondary N) is 1. The highest BCUT2D eigenvalue weighted by Gasteiger charge is 2.40. The number of benzene rings is 1. The summed E-state index contributed by atoms with van der Waals surface area (Å²) in [5, 5.41) is 0. The van der Waals surface area contributed by atoms with Crippen LogP contribution in [0, 0.1) is 5.82 Å². The summed E-state index contributed by atoms with van der Waals surface area (Å²) in [6, 6.07) is 4.65. The molecule has 1 aliphatic rings. The summed E-state index contributed by atoms with van der Waals surface area (Å²) in [4.78, 5) is 0. The van der Waals surface area contributed by atoms with Crippen LogP contribution in [0.4, 0.5) is 4.39 Å². The minimum absolute atomic E-state index is 0.217. The van der Waals surface area contributed by atoms with Gasteiger partial charge < -0.3 is 9.47 Å². The number of hydrogen-bond donors (Lipinski definition) is 2. The van der Waals surface area contributed by atoms with Crippen LogP contribution in [-0.4, -0.2) is 19.3 Å². The van der Waals surface area contributed by atoms with Gasteiger partial charge >= 0.3 is 0 Å². The van der Waals surface area contributed by atoms with Crippen LogP contribution in [0.5, 0.6) is 5.75 Å². The van der Waals surface area contributed by atoms with Gasteiger partial charge in [-0.05, 0) is 25.8 Å². The lowest BCUT2D eigenvalue weighted by atomic mass is 9.88. The van der Waals surface area contributed by atoms with Crippen molar-refractivity contribution in [1.29, 1.82) is 0 Å². The predicted molar refractivity (Wildman–Crippen MR) is 66.6 cm³/mol. The maximum Gasteiger partial charge on any atom is 0.169 e. The monoisotopic (exact) mass is 254 g/mol. The Kier molecular flexibility index (Phi) is 3.85. The Morgan fingerprint density at radius 3 is 2.89 bits per heavy atom. The highest BCUT2D eigenvalue weighted by Crippen LogP contribution is 2.39. The van der Waals surface area contributed by atoms with E-state index in [1.165, 1.54) is 7.11 Å². The first-order valence-electron chi connectivity index (χ1n) is 6.05. The van der Waals surface area contributed by atoms with E-state index in [1.54, 1.807) is 18.2 Å². The number of rotatable bonds is 4. The molecule has 2 rings (SSSR count). The minimum atomic E-state index is -0.484. The van der Waals surface area contributed by atoms with E-state index in [-0.39, 0.29) is 11.6 Å². The van der Waals surface area contributed by atoms with Crippen LogP contribution in [0.2, 0.25) is 0 Å². The summed E-state index contributed by atoms with van der Waals surface area (Å²) in [6.45, 7) is 2.63. The van der Waals surface area contributed by atoms with Crippen LogP contribution in [0.1, 0.15) is 31.4 Å². The van der Waals surface area contributed by atoms with Gasteiger partial charge in [0.1, 0.15) is 0 Å². The standard InChI is InChI=1S/C13H19FN2O2/c1-13(7-4-8-18-13)12(16-15)9-5-3-6-10(17-2)11(9)14/h3,5-6,12,16H,4,7-8,15H2,1-2H3. The Morgan fingerprint density at radius 1 is 1.56 bits per heavy atom. The summed E-state index contributed by atoms with van der Waals surface area (Å²) < 4.78 is 25.0. The van der Waals surface area contributed by atoms with Gasteiger partial charge in [0.2, 0.25) is 0 Å². The summed E-state index contributed by atoms with van der Waals surface area (Å²) >= 11 is 0. The smallest absolute Gasteiger partial charge is 0.169 e. The van der Waals surface area contributed by atoms with Crippen LogP contribution in [-0.2, 0) is 4.74 Å². The van der Waals surface area contributed by atoms with Gasteiger partial charge in [-0.3, -0.25) is 5.84 Å². The maximum absolute atomic E-state index is 14.3. The largest absolute Gasteiger partial charge is 0.494 e. The maximum atomic E-state index is 14.3. The van der Waals surface area contributed by atoms with Crippen LogP contribution < -0.4 is 16.0 Å². The molecular formula is C13H19FN2O2. The number of hydrazine groups is 1. The third kappa shape index (κ3) is 2.21. The van der Waals surface area contributed by atoms with Crippen molar-refractivity contribution in [2.75, 3.05) is 13.7 Å². The lowest BCUT2D eigenvalue weighted by Gasteiger charge is -2.33. The SMILES string of the molecule is COc1cccc(C(NN)C2(C)CCCO2)c1F. The Morgan fingerprint density at radius 2 is 2.33 bits per heavy atom. The molecule has 18 heavy (non-hydrogen) atoms. The molecule has 2 atom stereocenters. The molecule has 0 saturated carbocycles. The first-order chi connectivity index (χ1) is 8.62. The summed E-state index contributed by atoms with van der Waals surface area (Å²) in [5.74, 6) is 5.42. The zero-order valence-electron chi connectivity index (χ0n) is 10.7. The zero-order valence-corrected chi connectivity index (χ0v) is 10.7. The third-order valence-electron chi connectivity index (χ3n) is 3.55. The fourth-order valence-electron chi connectivity index (χ4n) is 2.53. The third-order valence-corrected chi connectivity index (χ3v) is 3.55. The number of ether oxygens (including phenoxy) is 2. The normalized spacial score (nSPS) is 25.1. The van der Waals surface area contributed by atoms with Crippen molar-refractivity contribution in [3.8, 4) is 5.75 Å². The molecule has 0 amide bonds. The van der Waals surface area contributed by atoms with Gasteiger partial charge in [0, 0.05) is 12.2 Å². The molecule has 0 aliphatic carbocycles. The molecule has 1 saturated heterocycles. The molecule has 0 aromatic heterocycles. The highest BCUT2D eigenvalue weighted by atomic mass is 19.1. The van der Waals surface area contributed by atoms with Crippen molar-refractivity contribution in [2.24, 2.45) is 5.84 Å². The van der Waals surface area contributed by atoms with E-state index in [0.717, 1.165) is 12.8 Å². The average molecular weight is 254 g/mol. The van der Waals surface area contributed by atoms with Crippen LogP contribution in [0.15, 0.2) is 18.2 Å². The highest BCUT2D eigenvalue weighted by molar-refractivity contribution is 5.34. The van der Waals surface area contributed by atoms with Gasteiger partial charge in [-0.25, -0.2) is 9.82 Å². The second kappa shape index (κ2) is 5.22. The van der Waals surface area contributed by atoms with Crippen molar-refractivity contribution >= 4 is 0 Å². The number of nitrogens with two attached hydrogens (primary N) is 1. The summed E-state index contributed by atoms with van der Waals surface area (Å²) in [6.07, 6.45) is 1.80. The van der Waals surface area contributed by atoms with Crippen LogP contribution in [0.3, 0.4) is 0 Å². The molecule has 3 N–H and O–H groups in total. The number of hydrogen-bond acceptors (Lipinski definition) is 4. The summed E-state index contributed by atoms with van der Waals surface area (Å²) in [7, 11) is 1.45. The first-order valence-corrected chi connectivity index (χ1v) is 6.05. The molecule has 4 nitrogen and oxygen atoms in total. The molecule has 1 aliphatic heterocycles. The zero-order chi connectivity index (χ0) is 13.2. The van der Waals surface area contributed by atoms with Crippen molar-refractivity contribution < 1.29 is 13.9 Å². The fourth-order valence-corrected chi connectivity index (χ4v) is 2.53. The Balaban J connectivity index is 2.38. The average Bonchev–Trinajstić information content (AvgIpc) is 2.80. The van der Waals surface area contributed by atoms with Crippen molar-refractivity contribution in [2.45, 2.75) is 31.4 Å². The van der Waals surface area contributed by atoms with E-state index in [4.69, 9.17) is 15.3 Å². The molecule has 0 spiro atoms. The molecule has 1 fully saturated rings. The van der Waals surface area contributed by atoms with Gasteiger partial charge in [0.05, 0.1) is 18.8 Å². The van der Waals surface area contributed by atoms with E-state index in [0.29, 0.717) is 12.2 Å². The molecule has 0 radical (unpaired) electrons. The number of methoxy groups -OCH3 is 1. The molecule has 1 aromatic carbocycles. The van der Waals surface area contributed by atoms with E-state index in [9.17, 15) is 4.39 Å². The topological polar surface area (TPSA) is 56.5 Å². The van der Waals surface area contributed by atoms with Crippen molar-refractivity contribution in [3.63, 3.8) is 0 Å².